The minimum absolute atomic E-state index is 0.00749. The van der Waals surface area contributed by atoms with Crippen LogP contribution in [0.4, 0.5) is 17.6 Å². The van der Waals surface area contributed by atoms with Crippen LogP contribution in [-0.4, -0.2) is 48.5 Å². The zero-order valence-corrected chi connectivity index (χ0v) is 13.1. The van der Waals surface area contributed by atoms with Gasteiger partial charge in [-0.3, -0.25) is 4.79 Å². The number of carbonyl (C=O) groups excluding carboxylic acids is 1. The number of alkyl halides is 4. The zero-order chi connectivity index (χ0) is 17.7. The summed E-state index contributed by atoms with van der Waals surface area (Å²) < 4.78 is 54.1. The quantitative estimate of drug-likeness (QED) is 0.773. The minimum atomic E-state index is -4.25. The molecular formula is C15H19F4N3O2. The molecule has 5 nitrogen and oxygen atoms in total. The van der Waals surface area contributed by atoms with Crippen LogP contribution in [0.5, 0.6) is 5.88 Å². The van der Waals surface area contributed by atoms with Crippen molar-refractivity contribution in [2.24, 2.45) is 0 Å². The van der Waals surface area contributed by atoms with Crippen molar-refractivity contribution < 1.29 is 27.1 Å². The minimum Gasteiger partial charge on any atom is -0.471 e. The van der Waals surface area contributed by atoms with E-state index in [1.54, 1.807) is 0 Å². The van der Waals surface area contributed by atoms with E-state index in [9.17, 15) is 22.4 Å². The second-order valence-electron chi connectivity index (χ2n) is 5.70. The summed E-state index contributed by atoms with van der Waals surface area (Å²) in [7, 11) is 0. The molecule has 9 heteroatoms. The van der Waals surface area contributed by atoms with E-state index in [-0.39, 0.29) is 29.4 Å². The molecule has 0 saturated carbocycles. The largest absolute Gasteiger partial charge is 0.471 e. The fourth-order valence-corrected chi connectivity index (χ4v) is 2.33. The molecule has 1 saturated heterocycles. The number of carbonyl (C=O) groups is 1. The van der Waals surface area contributed by atoms with Gasteiger partial charge >= 0.3 is 12.3 Å². The first kappa shape index (κ1) is 18.4. The molecule has 0 aliphatic carbocycles. The maximum absolute atomic E-state index is 12.8. The van der Waals surface area contributed by atoms with Gasteiger partial charge in [-0.2, -0.15) is 8.78 Å². The first-order valence-electron chi connectivity index (χ1n) is 7.58. The summed E-state index contributed by atoms with van der Waals surface area (Å²) in [6.45, 7) is 1.40. The fraction of sp³-hybridized carbons (Fsp3) is 0.600. The Morgan fingerprint density at radius 2 is 2.25 bits per heavy atom. The molecule has 1 aromatic heterocycles. The van der Waals surface area contributed by atoms with E-state index in [1.807, 2.05) is 6.92 Å². The monoisotopic (exact) mass is 349 g/mol. The van der Waals surface area contributed by atoms with E-state index in [2.05, 4.69) is 20.4 Å². The molecular weight excluding hydrogens is 330 g/mol. The van der Waals surface area contributed by atoms with E-state index in [1.165, 1.54) is 12.1 Å². The summed E-state index contributed by atoms with van der Waals surface area (Å²) in [6.07, 6.45) is -0.837. The predicted octanol–water partition coefficient (Wildman–Crippen LogP) is 2.23. The normalized spacial score (nSPS) is 21.6. The molecule has 2 N–H and O–H groups in total. The molecule has 2 rings (SSSR count). The molecule has 1 fully saturated rings. The van der Waals surface area contributed by atoms with Crippen molar-refractivity contribution in [3.05, 3.63) is 23.9 Å². The van der Waals surface area contributed by atoms with E-state index in [4.69, 9.17) is 0 Å². The molecule has 0 bridgehead atoms. The number of hydrogen-bond acceptors (Lipinski definition) is 4. The van der Waals surface area contributed by atoms with Crippen LogP contribution in [0.15, 0.2) is 18.3 Å². The summed E-state index contributed by atoms with van der Waals surface area (Å²) in [5.41, 5.74) is 0.237. The number of nitrogens with zero attached hydrogens (tertiary/aromatic N) is 1. The Morgan fingerprint density at radius 1 is 1.50 bits per heavy atom. The molecule has 2 atom stereocenters. The second kappa shape index (κ2) is 7.78. The highest BCUT2D eigenvalue weighted by Gasteiger charge is 2.41. The van der Waals surface area contributed by atoms with Gasteiger partial charge in [-0.15, -0.1) is 0 Å². The van der Waals surface area contributed by atoms with Crippen molar-refractivity contribution in [2.75, 3.05) is 13.2 Å². The molecule has 1 aromatic rings. The molecule has 2 heterocycles. The van der Waals surface area contributed by atoms with Gasteiger partial charge < -0.3 is 15.4 Å². The molecule has 1 amide bonds. The number of pyridine rings is 1. The lowest BCUT2D eigenvalue weighted by Crippen LogP contribution is -2.51. The van der Waals surface area contributed by atoms with E-state index in [0.717, 1.165) is 25.6 Å². The third-order valence-corrected chi connectivity index (χ3v) is 3.81. The van der Waals surface area contributed by atoms with Crippen molar-refractivity contribution in [2.45, 2.75) is 44.2 Å². The van der Waals surface area contributed by atoms with Crippen molar-refractivity contribution in [1.29, 1.82) is 0 Å². The zero-order valence-electron chi connectivity index (χ0n) is 13.1. The number of rotatable bonds is 6. The molecule has 134 valence electrons. The van der Waals surface area contributed by atoms with Crippen LogP contribution < -0.4 is 15.4 Å². The highest BCUT2D eigenvalue weighted by atomic mass is 19.3. The van der Waals surface area contributed by atoms with Gasteiger partial charge in [-0.25, -0.2) is 13.8 Å². The van der Waals surface area contributed by atoms with E-state index >= 15 is 0 Å². The standard InChI is InChI=1S/C15H19F4N3O2/c1-9-11(3-2-6-20-9)22-13(23)10-4-5-12(21-7-10)24-8-15(18,19)14(16)17/h4-5,7,9,11,14,20H,2-3,6,8H2,1H3,(H,22,23). The van der Waals surface area contributed by atoms with Crippen LogP contribution in [0.2, 0.25) is 0 Å². The number of nitrogens with one attached hydrogen (secondary N) is 2. The number of ether oxygens (including phenoxy) is 1. The van der Waals surface area contributed by atoms with Gasteiger partial charge in [0.1, 0.15) is 0 Å². The molecule has 2 unspecified atom stereocenters. The van der Waals surface area contributed by atoms with Gasteiger partial charge in [0, 0.05) is 24.3 Å². The highest BCUT2D eigenvalue weighted by molar-refractivity contribution is 5.94. The van der Waals surface area contributed by atoms with Crippen molar-refractivity contribution in [3.8, 4) is 5.88 Å². The molecule has 1 aliphatic heterocycles. The Kier molecular flexibility index (Phi) is 5.98. The summed E-state index contributed by atoms with van der Waals surface area (Å²) in [5.74, 6) is -4.84. The van der Waals surface area contributed by atoms with Crippen LogP contribution >= 0.6 is 0 Å². The van der Waals surface area contributed by atoms with Crippen LogP contribution in [0.3, 0.4) is 0 Å². The van der Waals surface area contributed by atoms with Crippen LogP contribution in [0, 0.1) is 0 Å². The summed E-state index contributed by atoms with van der Waals surface area (Å²) >= 11 is 0. The SMILES string of the molecule is CC1NCCCC1NC(=O)c1ccc(OCC(F)(F)C(F)F)nc1. The van der Waals surface area contributed by atoms with Gasteiger partial charge in [-0.1, -0.05) is 0 Å². The topological polar surface area (TPSA) is 63.2 Å². The average molecular weight is 349 g/mol. The lowest BCUT2D eigenvalue weighted by Gasteiger charge is -2.30. The van der Waals surface area contributed by atoms with Crippen LogP contribution in [0.1, 0.15) is 30.1 Å². The predicted molar refractivity (Wildman–Crippen MR) is 78.6 cm³/mol. The Labute approximate surface area is 136 Å². The molecule has 0 radical (unpaired) electrons. The third kappa shape index (κ3) is 4.80. The highest BCUT2D eigenvalue weighted by Crippen LogP contribution is 2.23. The number of piperidine rings is 1. The van der Waals surface area contributed by atoms with Gasteiger partial charge in [0.15, 0.2) is 6.61 Å². The van der Waals surface area contributed by atoms with E-state index < -0.39 is 19.0 Å². The first-order chi connectivity index (χ1) is 11.3. The Morgan fingerprint density at radius 3 is 2.83 bits per heavy atom. The van der Waals surface area contributed by atoms with Gasteiger partial charge in [0.2, 0.25) is 5.88 Å². The molecule has 0 aromatic carbocycles. The van der Waals surface area contributed by atoms with Gasteiger partial charge in [0.25, 0.3) is 5.91 Å². The molecule has 24 heavy (non-hydrogen) atoms. The maximum Gasteiger partial charge on any atom is 0.340 e. The molecule has 1 aliphatic rings. The van der Waals surface area contributed by atoms with Crippen molar-refractivity contribution >= 4 is 5.91 Å². The van der Waals surface area contributed by atoms with Crippen molar-refractivity contribution in [3.63, 3.8) is 0 Å². The number of amides is 1. The number of hydrogen-bond donors (Lipinski definition) is 2. The van der Waals surface area contributed by atoms with Gasteiger partial charge in [0.05, 0.1) is 5.56 Å². The van der Waals surface area contributed by atoms with Crippen LogP contribution in [-0.2, 0) is 0 Å². The summed E-state index contributed by atoms with van der Waals surface area (Å²) in [5, 5.41) is 6.13. The molecule has 0 spiro atoms. The third-order valence-electron chi connectivity index (χ3n) is 3.81. The van der Waals surface area contributed by atoms with Crippen molar-refractivity contribution in [1.82, 2.24) is 15.6 Å². The smallest absolute Gasteiger partial charge is 0.340 e. The fourth-order valence-electron chi connectivity index (χ4n) is 2.33. The Bertz CT molecular complexity index is 554. The van der Waals surface area contributed by atoms with Crippen LogP contribution in [0.25, 0.3) is 0 Å². The average Bonchev–Trinajstić information content (AvgIpc) is 2.55. The lowest BCUT2D eigenvalue weighted by atomic mass is 9.99. The van der Waals surface area contributed by atoms with Gasteiger partial charge in [-0.05, 0) is 32.4 Å². The lowest BCUT2D eigenvalue weighted by molar-refractivity contribution is -0.148. The summed E-state index contributed by atoms with van der Waals surface area (Å²) in [6, 6.07) is 2.68. The number of aromatic nitrogens is 1. The first-order valence-corrected chi connectivity index (χ1v) is 7.58. The maximum atomic E-state index is 12.8. The number of halogens is 4. The van der Waals surface area contributed by atoms with E-state index in [0.29, 0.717) is 0 Å². The summed E-state index contributed by atoms with van der Waals surface area (Å²) in [4.78, 5) is 15.8. The second-order valence-corrected chi connectivity index (χ2v) is 5.70. The Balaban J connectivity index is 1.90. The Hall–Kier alpha value is -1.90.